The molecule has 1 aliphatic rings. The van der Waals surface area contributed by atoms with Crippen LogP contribution in [0.15, 0.2) is 34.2 Å². The molecule has 0 saturated carbocycles. The number of aromatic amines is 1. The Morgan fingerprint density at radius 2 is 2.27 bits per heavy atom. The van der Waals surface area contributed by atoms with Crippen molar-refractivity contribution >= 4 is 17.7 Å². The number of nitrogens with one attached hydrogen (secondary N) is 2. The van der Waals surface area contributed by atoms with Gasteiger partial charge in [-0.1, -0.05) is 23.9 Å². The number of hydrogen-bond acceptors (Lipinski definition) is 5. The Morgan fingerprint density at radius 3 is 2.96 bits per heavy atom. The van der Waals surface area contributed by atoms with Crippen molar-refractivity contribution in [3.05, 3.63) is 46.1 Å². The number of amides is 1. The molecule has 0 bridgehead atoms. The highest BCUT2D eigenvalue weighted by atomic mass is 32.2. The van der Waals surface area contributed by atoms with Crippen LogP contribution in [0.4, 0.5) is 4.39 Å². The van der Waals surface area contributed by atoms with Gasteiger partial charge >= 0.3 is 5.69 Å². The van der Waals surface area contributed by atoms with Crippen LogP contribution >= 0.6 is 11.8 Å². The van der Waals surface area contributed by atoms with E-state index in [0.29, 0.717) is 24.9 Å². The normalized spacial score (nSPS) is 18.0. The second-order valence-electron chi connectivity index (χ2n) is 6.16. The molecule has 1 aromatic carbocycles. The molecule has 7 nitrogen and oxygen atoms in total. The predicted octanol–water partition coefficient (Wildman–Crippen LogP) is 1.69. The number of ether oxygens (including phenoxy) is 1. The quantitative estimate of drug-likeness (QED) is 0.714. The minimum Gasteiger partial charge on any atom is -0.376 e. The Labute approximate surface area is 154 Å². The van der Waals surface area contributed by atoms with E-state index in [1.54, 1.807) is 19.1 Å². The van der Waals surface area contributed by atoms with Gasteiger partial charge in [0.25, 0.3) is 0 Å². The van der Waals surface area contributed by atoms with Gasteiger partial charge in [-0.15, -0.1) is 5.10 Å². The molecule has 1 aliphatic heterocycles. The zero-order valence-corrected chi connectivity index (χ0v) is 15.2. The van der Waals surface area contributed by atoms with Gasteiger partial charge in [0, 0.05) is 13.2 Å². The fourth-order valence-electron chi connectivity index (χ4n) is 2.69. The van der Waals surface area contributed by atoms with Gasteiger partial charge in [0.15, 0.2) is 5.16 Å². The first-order valence-electron chi connectivity index (χ1n) is 8.48. The van der Waals surface area contributed by atoms with Crippen molar-refractivity contribution in [1.82, 2.24) is 20.1 Å². The summed E-state index contributed by atoms with van der Waals surface area (Å²) in [6, 6.07) is 5.96. The van der Waals surface area contributed by atoms with E-state index in [9.17, 15) is 14.0 Å². The van der Waals surface area contributed by atoms with Crippen LogP contribution in [0, 0.1) is 5.82 Å². The Hall–Kier alpha value is -2.13. The van der Waals surface area contributed by atoms with Gasteiger partial charge in [-0.05, 0) is 37.5 Å². The monoisotopic (exact) mass is 380 g/mol. The number of thioether (sulfide) groups is 1. The molecule has 1 aromatic heterocycles. The number of halogens is 1. The SMILES string of the molecule is C[C@@H](Sc1n[nH]c(=O)n1C[C@H]1CCCO1)C(=O)NCc1ccc(F)cc1. The molecule has 9 heteroatoms. The molecule has 1 amide bonds. The Bertz CT molecular complexity index is 799. The van der Waals surface area contributed by atoms with E-state index in [1.165, 1.54) is 28.5 Å². The minimum absolute atomic E-state index is 0.00672. The van der Waals surface area contributed by atoms with Crippen molar-refractivity contribution in [3.8, 4) is 0 Å². The van der Waals surface area contributed by atoms with Gasteiger partial charge in [-0.2, -0.15) is 0 Å². The molecule has 26 heavy (non-hydrogen) atoms. The summed E-state index contributed by atoms with van der Waals surface area (Å²) in [6.07, 6.45) is 1.91. The van der Waals surface area contributed by atoms with Crippen molar-refractivity contribution in [2.24, 2.45) is 0 Å². The summed E-state index contributed by atoms with van der Waals surface area (Å²) >= 11 is 1.21. The first kappa shape index (κ1) is 18.7. The lowest BCUT2D eigenvalue weighted by atomic mass is 10.2. The molecule has 1 saturated heterocycles. The number of H-pyrrole nitrogens is 1. The fourth-order valence-corrected chi connectivity index (χ4v) is 3.58. The maximum absolute atomic E-state index is 12.9. The van der Waals surface area contributed by atoms with E-state index in [4.69, 9.17) is 4.74 Å². The van der Waals surface area contributed by atoms with Gasteiger partial charge in [0.2, 0.25) is 5.91 Å². The molecule has 2 aromatic rings. The highest BCUT2D eigenvalue weighted by molar-refractivity contribution is 8.00. The van der Waals surface area contributed by atoms with Crippen LogP contribution in [0.5, 0.6) is 0 Å². The molecule has 2 atom stereocenters. The molecular weight excluding hydrogens is 359 g/mol. The summed E-state index contributed by atoms with van der Waals surface area (Å²) in [6.45, 7) is 3.21. The second kappa shape index (κ2) is 8.50. The average Bonchev–Trinajstić information content (AvgIpc) is 3.26. The average molecular weight is 380 g/mol. The van der Waals surface area contributed by atoms with Crippen molar-refractivity contribution in [1.29, 1.82) is 0 Å². The molecule has 3 rings (SSSR count). The summed E-state index contributed by atoms with van der Waals surface area (Å²) < 4.78 is 20.0. The van der Waals surface area contributed by atoms with E-state index >= 15 is 0 Å². The van der Waals surface area contributed by atoms with Crippen LogP contribution in [0.25, 0.3) is 0 Å². The lowest BCUT2D eigenvalue weighted by molar-refractivity contribution is -0.120. The van der Waals surface area contributed by atoms with E-state index in [2.05, 4.69) is 15.5 Å². The Kier molecular flexibility index (Phi) is 6.10. The molecule has 0 spiro atoms. The molecular formula is C17H21FN4O3S. The van der Waals surface area contributed by atoms with Crippen LogP contribution in [0.1, 0.15) is 25.3 Å². The second-order valence-corrected chi connectivity index (χ2v) is 7.47. The van der Waals surface area contributed by atoms with Gasteiger partial charge in [0.1, 0.15) is 5.82 Å². The van der Waals surface area contributed by atoms with Crippen molar-refractivity contribution in [2.45, 2.75) is 49.4 Å². The zero-order valence-electron chi connectivity index (χ0n) is 14.4. The molecule has 1 fully saturated rings. The third-order valence-corrected chi connectivity index (χ3v) is 5.25. The first-order chi connectivity index (χ1) is 12.5. The Morgan fingerprint density at radius 1 is 1.50 bits per heavy atom. The van der Waals surface area contributed by atoms with E-state index in [0.717, 1.165) is 18.4 Å². The molecule has 2 N–H and O–H groups in total. The summed E-state index contributed by atoms with van der Waals surface area (Å²) in [5.74, 6) is -0.495. The summed E-state index contributed by atoms with van der Waals surface area (Å²) in [5.41, 5.74) is 0.508. The third-order valence-electron chi connectivity index (χ3n) is 4.16. The lowest BCUT2D eigenvalue weighted by Crippen LogP contribution is -2.31. The maximum atomic E-state index is 12.9. The van der Waals surface area contributed by atoms with Crippen LogP contribution in [0.3, 0.4) is 0 Å². The number of rotatable bonds is 7. The van der Waals surface area contributed by atoms with Gasteiger partial charge in [-0.25, -0.2) is 14.3 Å². The highest BCUT2D eigenvalue weighted by Gasteiger charge is 2.22. The van der Waals surface area contributed by atoms with Crippen LogP contribution in [-0.2, 0) is 22.6 Å². The van der Waals surface area contributed by atoms with Gasteiger partial charge < -0.3 is 10.1 Å². The number of carbonyl (C=O) groups excluding carboxylic acids is 1. The van der Waals surface area contributed by atoms with Crippen molar-refractivity contribution in [3.63, 3.8) is 0 Å². The zero-order chi connectivity index (χ0) is 18.5. The van der Waals surface area contributed by atoms with Gasteiger partial charge in [-0.3, -0.25) is 9.36 Å². The Balaban J connectivity index is 1.56. The predicted molar refractivity (Wildman–Crippen MR) is 95.4 cm³/mol. The third kappa shape index (κ3) is 4.73. The minimum atomic E-state index is -0.436. The van der Waals surface area contributed by atoms with Crippen LogP contribution in [-0.4, -0.2) is 38.6 Å². The highest BCUT2D eigenvalue weighted by Crippen LogP contribution is 2.22. The number of carbonyl (C=O) groups is 1. The summed E-state index contributed by atoms with van der Waals surface area (Å²) in [7, 11) is 0. The summed E-state index contributed by atoms with van der Waals surface area (Å²) in [5, 5.41) is 9.29. The molecule has 2 heterocycles. The first-order valence-corrected chi connectivity index (χ1v) is 9.36. The number of nitrogens with zero attached hydrogens (tertiary/aromatic N) is 2. The van der Waals surface area contributed by atoms with E-state index in [-0.39, 0.29) is 23.5 Å². The molecule has 0 aliphatic carbocycles. The molecule has 0 unspecified atom stereocenters. The smallest absolute Gasteiger partial charge is 0.344 e. The van der Waals surface area contributed by atoms with E-state index in [1.807, 2.05) is 0 Å². The number of benzene rings is 1. The summed E-state index contributed by atoms with van der Waals surface area (Å²) in [4.78, 5) is 24.3. The number of aromatic nitrogens is 3. The topological polar surface area (TPSA) is 89.0 Å². The maximum Gasteiger partial charge on any atom is 0.344 e. The fraction of sp³-hybridized carbons (Fsp3) is 0.471. The molecule has 0 radical (unpaired) electrons. The largest absolute Gasteiger partial charge is 0.376 e. The van der Waals surface area contributed by atoms with Crippen LogP contribution in [0.2, 0.25) is 0 Å². The van der Waals surface area contributed by atoms with Gasteiger partial charge in [0.05, 0.1) is 17.9 Å². The van der Waals surface area contributed by atoms with Crippen molar-refractivity contribution < 1.29 is 13.9 Å². The van der Waals surface area contributed by atoms with Crippen LogP contribution < -0.4 is 11.0 Å². The lowest BCUT2D eigenvalue weighted by Gasteiger charge is -2.14. The molecule has 140 valence electrons. The van der Waals surface area contributed by atoms with E-state index < -0.39 is 5.25 Å². The number of hydrogen-bond donors (Lipinski definition) is 2. The standard InChI is InChI=1S/C17H21FN4O3S/c1-11(15(23)19-9-12-4-6-13(18)7-5-12)26-17-21-20-16(24)22(17)10-14-3-2-8-25-14/h4-7,11,14H,2-3,8-10H2,1H3,(H,19,23)(H,20,24)/t11-,14-/m1/s1. The van der Waals surface area contributed by atoms with Crippen molar-refractivity contribution in [2.75, 3.05) is 6.61 Å².